The van der Waals surface area contributed by atoms with E-state index in [1.54, 1.807) is 17.2 Å². The monoisotopic (exact) mass is 315 g/mol. The molecule has 0 radical (unpaired) electrons. The molecule has 0 bridgehead atoms. The lowest BCUT2D eigenvalue weighted by atomic mass is 10.2. The summed E-state index contributed by atoms with van der Waals surface area (Å²) >= 11 is 0. The molecule has 1 aromatic heterocycles. The topological polar surface area (TPSA) is 45.2 Å². The number of aryl methyl sites for hydroxylation is 1. The van der Waals surface area contributed by atoms with Crippen LogP contribution in [0.2, 0.25) is 0 Å². The van der Waals surface area contributed by atoms with Gasteiger partial charge in [0.05, 0.1) is 11.3 Å². The van der Waals surface area contributed by atoms with Crippen LogP contribution in [0, 0.1) is 6.92 Å². The van der Waals surface area contributed by atoms with Gasteiger partial charge in [0.15, 0.2) is 6.17 Å². The number of hydrogen-bond acceptors (Lipinski definition) is 3. The number of pyridine rings is 1. The summed E-state index contributed by atoms with van der Waals surface area (Å²) < 4.78 is 0. The molecule has 1 N–H and O–H groups in total. The van der Waals surface area contributed by atoms with Crippen molar-refractivity contribution in [3.63, 3.8) is 0 Å². The number of rotatable bonds is 3. The molecule has 0 fully saturated rings. The van der Waals surface area contributed by atoms with Gasteiger partial charge in [-0.15, -0.1) is 0 Å². The Balaban J connectivity index is 1.79. The van der Waals surface area contributed by atoms with Gasteiger partial charge in [0.1, 0.15) is 0 Å². The maximum Gasteiger partial charge on any atom is 0.262 e. The molecule has 2 aromatic carbocycles. The van der Waals surface area contributed by atoms with Gasteiger partial charge in [0, 0.05) is 17.6 Å². The third-order valence-corrected chi connectivity index (χ3v) is 4.19. The molecule has 2 heterocycles. The summed E-state index contributed by atoms with van der Waals surface area (Å²) in [5.41, 5.74) is 4.37. The number of anilines is 2. The highest BCUT2D eigenvalue weighted by Crippen LogP contribution is 2.36. The second-order valence-electron chi connectivity index (χ2n) is 5.86. The molecule has 0 spiro atoms. The Hall–Kier alpha value is -3.14. The summed E-state index contributed by atoms with van der Waals surface area (Å²) in [5.74, 6) is -0.0321. The third-order valence-electron chi connectivity index (χ3n) is 4.19. The van der Waals surface area contributed by atoms with Crippen LogP contribution in [0.1, 0.15) is 27.8 Å². The molecule has 1 atom stereocenters. The number of benzene rings is 2. The number of aromatic nitrogens is 1. The number of hydrogen-bond donors (Lipinski definition) is 1. The minimum Gasteiger partial charge on any atom is -0.360 e. The fourth-order valence-corrected chi connectivity index (χ4v) is 2.98. The van der Waals surface area contributed by atoms with Gasteiger partial charge in [-0.2, -0.15) is 0 Å². The fourth-order valence-electron chi connectivity index (χ4n) is 2.98. The first-order valence-corrected chi connectivity index (χ1v) is 7.91. The maximum atomic E-state index is 12.9. The zero-order valence-corrected chi connectivity index (χ0v) is 13.3. The van der Waals surface area contributed by atoms with Crippen LogP contribution in [0.3, 0.4) is 0 Å². The van der Waals surface area contributed by atoms with Crippen LogP contribution in [-0.2, 0) is 0 Å². The SMILES string of the molecule is Cc1ccc(N2C(=O)c3cccnc3[C@H]2Nc2ccccc2)cc1. The van der Waals surface area contributed by atoms with E-state index in [4.69, 9.17) is 0 Å². The summed E-state index contributed by atoms with van der Waals surface area (Å²) in [6.45, 7) is 2.03. The van der Waals surface area contributed by atoms with Crippen LogP contribution < -0.4 is 10.2 Å². The first kappa shape index (κ1) is 14.5. The van der Waals surface area contributed by atoms with E-state index in [2.05, 4.69) is 10.3 Å². The highest BCUT2D eigenvalue weighted by molar-refractivity contribution is 6.11. The van der Waals surface area contributed by atoms with Gasteiger partial charge in [-0.25, -0.2) is 0 Å². The molecule has 0 saturated heterocycles. The highest BCUT2D eigenvalue weighted by Gasteiger charge is 2.38. The van der Waals surface area contributed by atoms with Crippen molar-refractivity contribution < 1.29 is 4.79 Å². The van der Waals surface area contributed by atoms with E-state index in [0.717, 1.165) is 22.6 Å². The Morgan fingerprint density at radius 3 is 2.46 bits per heavy atom. The van der Waals surface area contributed by atoms with Crippen molar-refractivity contribution in [1.82, 2.24) is 4.98 Å². The van der Waals surface area contributed by atoms with E-state index in [0.29, 0.717) is 5.56 Å². The highest BCUT2D eigenvalue weighted by atomic mass is 16.2. The second-order valence-corrected chi connectivity index (χ2v) is 5.86. The van der Waals surface area contributed by atoms with Gasteiger partial charge in [-0.05, 0) is 43.3 Å². The van der Waals surface area contributed by atoms with Crippen LogP contribution >= 0.6 is 0 Å². The Morgan fingerprint density at radius 1 is 0.958 bits per heavy atom. The summed E-state index contributed by atoms with van der Waals surface area (Å²) in [4.78, 5) is 19.2. The van der Waals surface area contributed by atoms with Gasteiger partial charge >= 0.3 is 0 Å². The number of amides is 1. The van der Waals surface area contributed by atoms with Gasteiger partial charge in [-0.1, -0.05) is 35.9 Å². The van der Waals surface area contributed by atoms with Gasteiger partial charge in [0.25, 0.3) is 5.91 Å². The molecular formula is C20H17N3O. The van der Waals surface area contributed by atoms with Crippen molar-refractivity contribution in [3.8, 4) is 0 Å². The molecule has 1 amide bonds. The largest absolute Gasteiger partial charge is 0.360 e. The number of nitrogens with zero attached hydrogens (tertiary/aromatic N) is 2. The van der Waals surface area contributed by atoms with E-state index in [1.807, 2.05) is 67.6 Å². The van der Waals surface area contributed by atoms with Crippen molar-refractivity contribution in [2.75, 3.05) is 10.2 Å². The van der Waals surface area contributed by atoms with Crippen molar-refractivity contribution >= 4 is 17.3 Å². The Kier molecular flexibility index (Phi) is 3.50. The Labute approximate surface area is 140 Å². The molecule has 4 rings (SSSR count). The molecule has 1 aliphatic heterocycles. The summed E-state index contributed by atoms with van der Waals surface area (Å²) in [5, 5.41) is 3.43. The van der Waals surface area contributed by atoms with E-state index in [9.17, 15) is 4.79 Å². The van der Waals surface area contributed by atoms with Gasteiger partial charge in [-0.3, -0.25) is 14.7 Å². The molecule has 24 heavy (non-hydrogen) atoms. The fraction of sp³-hybridized carbons (Fsp3) is 0.100. The summed E-state index contributed by atoms with van der Waals surface area (Å²) in [6, 6.07) is 21.5. The predicted molar refractivity (Wildman–Crippen MR) is 95.0 cm³/mol. The zero-order valence-electron chi connectivity index (χ0n) is 13.3. The molecule has 118 valence electrons. The van der Waals surface area contributed by atoms with Crippen LogP contribution in [0.25, 0.3) is 0 Å². The molecule has 4 heteroatoms. The lowest BCUT2D eigenvalue weighted by Crippen LogP contribution is -2.32. The number of carbonyl (C=O) groups excluding carboxylic acids is 1. The van der Waals surface area contributed by atoms with Gasteiger partial charge < -0.3 is 5.32 Å². The van der Waals surface area contributed by atoms with E-state index < -0.39 is 0 Å². The number of fused-ring (bicyclic) bond motifs is 1. The molecule has 0 unspecified atom stereocenters. The van der Waals surface area contributed by atoms with Gasteiger partial charge in [0.2, 0.25) is 0 Å². The first-order chi connectivity index (χ1) is 11.7. The summed E-state index contributed by atoms with van der Waals surface area (Å²) in [7, 11) is 0. The number of nitrogens with one attached hydrogen (secondary N) is 1. The Bertz CT molecular complexity index is 875. The van der Waals surface area contributed by atoms with Crippen molar-refractivity contribution in [2.45, 2.75) is 13.1 Å². The molecule has 3 aromatic rings. The minimum absolute atomic E-state index is 0.0321. The van der Waals surface area contributed by atoms with Crippen LogP contribution in [0.4, 0.5) is 11.4 Å². The quantitative estimate of drug-likeness (QED) is 0.789. The van der Waals surface area contributed by atoms with E-state index in [1.165, 1.54) is 0 Å². The van der Waals surface area contributed by atoms with Crippen LogP contribution in [0.5, 0.6) is 0 Å². The summed E-state index contributed by atoms with van der Waals surface area (Å²) in [6.07, 6.45) is 1.41. The molecule has 1 aliphatic rings. The lowest BCUT2D eigenvalue weighted by molar-refractivity contribution is 0.0993. The maximum absolute atomic E-state index is 12.9. The second kappa shape index (κ2) is 5.81. The lowest BCUT2D eigenvalue weighted by Gasteiger charge is -2.26. The predicted octanol–water partition coefficient (Wildman–Crippen LogP) is 4.16. The normalized spacial score (nSPS) is 16.1. The molecule has 0 saturated carbocycles. The number of carbonyl (C=O) groups is 1. The molecule has 0 aliphatic carbocycles. The van der Waals surface area contributed by atoms with Crippen molar-refractivity contribution in [2.24, 2.45) is 0 Å². The minimum atomic E-state index is -0.321. The average molecular weight is 315 g/mol. The average Bonchev–Trinajstić information content (AvgIpc) is 2.89. The smallest absolute Gasteiger partial charge is 0.262 e. The first-order valence-electron chi connectivity index (χ1n) is 7.91. The van der Waals surface area contributed by atoms with Crippen molar-refractivity contribution in [1.29, 1.82) is 0 Å². The number of para-hydroxylation sites is 1. The zero-order chi connectivity index (χ0) is 16.5. The van der Waals surface area contributed by atoms with Crippen LogP contribution in [0.15, 0.2) is 72.9 Å². The molecule has 4 nitrogen and oxygen atoms in total. The van der Waals surface area contributed by atoms with E-state index >= 15 is 0 Å². The van der Waals surface area contributed by atoms with E-state index in [-0.39, 0.29) is 12.1 Å². The molecular weight excluding hydrogens is 298 g/mol. The Morgan fingerprint density at radius 2 is 1.71 bits per heavy atom. The third kappa shape index (κ3) is 2.42. The van der Waals surface area contributed by atoms with Crippen LogP contribution in [-0.4, -0.2) is 10.9 Å². The standard InChI is InChI=1S/C20H17N3O/c1-14-9-11-16(12-10-14)23-19(22-15-6-3-2-4-7-15)18-17(20(23)24)8-5-13-21-18/h2-13,19,22H,1H3/t19-/m0/s1. The van der Waals surface area contributed by atoms with Crippen molar-refractivity contribution in [3.05, 3.63) is 89.7 Å².